The first-order valence-corrected chi connectivity index (χ1v) is 12.5. The fraction of sp³-hybridized carbons (Fsp3) is 0.333. The average Bonchev–Trinajstić information content (AvgIpc) is 3.29. The Morgan fingerprint density at radius 2 is 1.97 bits per heavy atom. The minimum Gasteiger partial charge on any atom is -0.481 e. The summed E-state index contributed by atoms with van der Waals surface area (Å²) < 4.78 is 0. The zero-order valence-electron chi connectivity index (χ0n) is 16.4. The number of nitrogens with one attached hydrogen (secondary N) is 1. The predicted molar refractivity (Wildman–Crippen MR) is 121 cm³/mol. The Labute approximate surface area is 191 Å². The summed E-state index contributed by atoms with van der Waals surface area (Å²) in [5.41, 5.74) is -0.694. The molecular weight excluding hydrogens is 456 g/mol. The Kier molecular flexibility index (Phi) is 6.40. The van der Waals surface area contributed by atoms with Crippen LogP contribution in [0, 0.1) is 5.41 Å². The number of carbonyl (C=O) groups is 4. The third-order valence-electron chi connectivity index (χ3n) is 5.32. The predicted octanol–water partition coefficient (Wildman–Crippen LogP) is 2.34. The van der Waals surface area contributed by atoms with Crippen molar-refractivity contribution in [2.75, 3.05) is 18.1 Å². The lowest BCUT2D eigenvalue weighted by molar-refractivity contribution is -0.157. The van der Waals surface area contributed by atoms with Gasteiger partial charge in [-0.1, -0.05) is 48.2 Å². The zero-order chi connectivity index (χ0) is 22.0. The number of carbonyl (C=O) groups excluding carboxylic acids is 3. The molecule has 2 aliphatic heterocycles. The minimum atomic E-state index is -1.21. The van der Waals surface area contributed by atoms with Crippen LogP contribution in [0.5, 0.6) is 0 Å². The number of thiophene rings is 1. The van der Waals surface area contributed by atoms with E-state index in [1.54, 1.807) is 24.3 Å². The molecule has 7 nitrogen and oxygen atoms in total. The molecule has 2 N–H and O–H groups in total. The van der Waals surface area contributed by atoms with E-state index in [2.05, 4.69) is 5.32 Å². The van der Waals surface area contributed by atoms with Crippen molar-refractivity contribution < 1.29 is 24.3 Å². The van der Waals surface area contributed by atoms with Crippen LogP contribution in [0.15, 0.2) is 47.8 Å². The Hall–Kier alpha value is -2.30. The molecule has 2 aliphatic rings. The highest BCUT2D eigenvalue weighted by molar-refractivity contribution is 8.14. The number of aliphatic carboxylic acids is 1. The topological polar surface area (TPSA) is 104 Å². The molecule has 10 heteroatoms. The second kappa shape index (κ2) is 9.05. The number of nitrogens with zero attached hydrogens (tertiary/aromatic N) is 1. The monoisotopic (exact) mass is 476 g/mol. The van der Waals surface area contributed by atoms with Crippen molar-refractivity contribution in [1.29, 1.82) is 0 Å². The number of hydrogen-bond donors (Lipinski definition) is 2. The van der Waals surface area contributed by atoms with E-state index in [0.29, 0.717) is 5.56 Å². The smallest absolute Gasteiger partial charge is 0.313 e. The van der Waals surface area contributed by atoms with Gasteiger partial charge in [0.15, 0.2) is 0 Å². The van der Waals surface area contributed by atoms with Gasteiger partial charge in [0.25, 0.3) is 0 Å². The van der Waals surface area contributed by atoms with Gasteiger partial charge in [0.1, 0.15) is 16.8 Å². The van der Waals surface area contributed by atoms with Gasteiger partial charge in [-0.3, -0.25) is 19.2 Å². The van der Waals surface area contributed by atoms with E-state index >= 15 is 0 Å². The van der Waals surface area contributed by atoms with Gasteiger partial charge in [0.2, 0.25) is 16.9 Å². The van der Waals surface area contributed by atoms with Gasteiger partial charge >= 0.3 is 5.97 Å². The molecule has 3 heterocycles. The number of fused-ring (bicyclic) bond motifs is 1. The molecule has 2 amide bonds. The standard InChI is InChI=1S/C21H20N2O5S3/c24-15(9-14-7-4-8-29-14)22-16-17(25)23-10-21(20(27)28,11-30-18(16)23)12-31-19(26)13-5-2-1-3-6-13/h1-8,16,18H,9-12H2,(H,22,24)(H,27,28)/t16?,18-,21?/m1/s1. The van der Waals surface area contributed by atoms with Crippen LogP contribution in [0.1, 0.15) is 15.2 Å². The molecule has 3 atom stereocenters. The number of benzene rings is 1. The summed E-state index contributed by atoms with van der Waals surface area (Å²) in [4.78, 5) is 51.8. The summed E-state index contributed by atoms with van der Waals surface area (Å²) in [5, 5.41) is 14.1. The normalized spacial score (nSPS) is 24.8. The first-order chi connectivity index (χ1) is 14.9. The van der Waals surface area contributed by atoms with Gasteiger partial charge in [-0.2, -0.15) is 0 Å². The molecular formula is C21H20N2O5S3. The lowest BCUT2D eigenvalue weighted by atomic mass is 9.89. The second-order valence-corrected chi connectivity index (χ2v) is 10.6. The van der Waals surface area contributed by atoms with E-state index in [9.17, 15) is 24.3 Å². The van der Waals surface area contributed by atoms with E-state index in [0.717, 1.165) is 16.6 Å². The molecule has 2 saturated heterocycles. The van der Waals surface area contributed by atoms with E-state index < -0.39 is 17.4 Å². The van der Waals surface area contributed by atoms with E-state index in [-0.39, 0.29) is 46.8 Å². The molecule has 2 aromatic rings. The molecule has 0 aliphatic carbocycles. The third-order valence-corrected chi connectivity index (χ3v) is 8.98. The van der Waals surface area contributed by atoms with Gasteiger partial charge in [-0.15, -0.1) is 23.1 Å². The first-order valence-electron chi connectivity index (χ1n) is 9.59. The number of hydrogen-bond acceptors (Lipinski definition) is 7. The Morgan fingerprint density at radius 3 is 2.65 bits per heavy atom. The maximum atomic E-state index is 12.6. The van der Waals surface area contributed by atoms with Gasteiger partial charge < -0.3 is 15.3 Å². The molecule has 0 saturated carbocycles. The Balaban J connectivity index is 1.36. The molecule has 1 aromatic heterocycles. The lowest BCUT2D eigenvalue weighted by Gasteiger charge is -2.53. The van der Waals surface area contributed by atoms with Gasteiger partial charge in [0.05, 0.1) is 6.42 Å². The maximum Gasteiger partial charge on any atom is 0.313 e. The summed E-state index contributed by atoms with van der Waals surface area (Å²) in [5.74, 6) is -1.18. The van der Waals surface area contributed by atoms with Gasteiger partial charge in [-0.25, -0.2) is 0 Å². The molecule has 2 fully saturated rings. The van der Waals surface area contributed by atoms with E-state index in [1.165, 1.54) is 28.0 Å². The van der Waals surface area contributed by atoms with Crippen LogP contribution in [0.2, 0.25) is 0 Å². The highest BCUT2D eigenvalue weighted by Crippen LogP contribution is 2.44. The summed E-state index contributed by atoms with van der Waals surface area (Å²) in [6.07, 6.45) is 0.218. The quantitative estimate of drug-likeness (QED) is 0.591. The molecule has 0 bridgehead atoms. The summed E-state index contributed by atoms with van der Waals surface area (Å²) in [7, 11) is 0. The fourth-order valence-electron chi connectivity index (χ4n) is 3.56. The van der Waals surface area contributed by atoms with Crippen LogP contribution >= 0.6 is 34.9 Å². The second-order valence-electron chi connectivity index (χ2n) is 7.50. The van der Waals surface area contributed by atoms with Crippen LogP contribution in [0.4, 0.5) is 0 Å². The molecule has 2 unspecified atom stereocenters. The Bertz CT molecular complexity index is 998. The molecule has 1 aromatic carbocycles. The molecule has 31 heavy (non-hydrogen) atoms. The summed E-state index contributed by atoms with van der Waals surface area (Å²) in [6.45, 7) is 0.0329. The van der Waals surface area contributed by atoms with Crippen LogP contribution in [-0.4, -0.2) is 62.4 Å². The number of carboxylic acids is 1. The highest BCUT2D eigenvalue weighted by atomic mass is 32.2. The van der Waals surface area contributed by atoms with Gasteiger partial charge in [0, 0.05) is 28.5 Å². The fourth-order valence-corrected chi connectivity index (χ4v) is 6.96. The molecule has 0 radical (unpaired) electrons. The Morgan fingerprint density at radius 1 is 1.19 bits per heavy atom. The van der Waals surface area contributed by atoms with Crippen molar-refractivity contribution in [2.45, 2.75) is 17.8 Å². The van der Waals surface area contributed by atoms with Crippen molar-refractivity contribution in [3.63, 3.8) is 0 Å². The lowest BCUT2D eigenvalue weighted by Crippen LogP contribution is -2.74. The van der Waals surface area contributed by atoms with Crippen LogP contribution in [-0.2, 0) is 20.8 Å². The van der Waals surface area contributed by atoms with E-state index in [4.69, 9.17) is 0 Å². The van der Waals surface area contributed by atoms with Crippen LogP contribution < -0.4 is 5.32 Å². The number of amides is 2. The zero-order valence-corrected chi connectivity index (χ0v) is 18.8. The summed E-state index contributed by atoms with van der Waals surface area (Å²) >= 11 is 3.79. The van der Waals surface area contributed by atoms with Crippen molar-refractivity contribution in [2.24, 2.45) is 5.41 Å². The minimum absolute atomic E-state index is 0.0329. The molecule has 0 spiro atoms. The third kappa shape index (κ3) is 4.51. The largest absolute Gasteiger partial charge is 0.481 e. The highest BCUT2D eigenvalue weighted by Gasteiger charge is 2.57. The summed E-state index contributed by atoms with van der Waals surface area (Å²) in [6, 6.07) is 11.8. The van der Waals surface area contributed by atoms with Crippen LogP contribution in [0.3, 0.4) is 0 Å². The number of β-lactam (4-membered cyclic amide) rings is 1. The van der Waals surface area contributed by atoms with Crippen molar-refractivity contribution in [3.05, 3.63) is 58.3 Å². The maximum absolute atomic E-state index is 12.6. The van der Waals surface area contributed by atoms with E-state index in [1.807, 2.05) is 23.6 Å². The molecule has 4 rings (SSSR count). The SMILES string of the molecule is O=C(Cc1cccs1)NC1C(=O)N2CC(CSC(=O)c3ccccc3)(C(=O)O)CS[C@H]12. The number of rotatable bonds is 7. The van der Waals surface area contributed by atoms with Gasteiger partial charge in [-0.05, 0) is 11.4 Å². The average molecular weight is 477 g/mol. The first kappa shape index (κ1) is 21.9. The van der Waals surface area contributed by atoms with Crippen molar-refractivity contribution in [3.8, 4) is 0 Å². The number of carboxylic acid groups (broad SMARTS) is 1. The molecule has 162 valence electrons. The van der Waals surface area contributed by atoms with Crippen molar-refractivity contribution in [1.82, 2.24) is 10.2 Å². The number of thioether (sulfide) groups is 2. The van der Waals surface area contributed by atoms with Crippen molar-refractivity contribution >= 4 is 57.8 Å². The van der Waals surface area contributed by atoms with Crippen LogP contribution in [0.25, 0.3) is 0 Å².